The van der Waals surface area contributed by atoms with Gasteiger partial charge in [-0.15, -0.1) is 0 Å². The molecule has 0 radical (unpaired) electrons. The van der Waals surface area contributed by atoms with Crippen molar-refractivity contribution in [1.82, 2.24) is 4.98 Å². The Morgan fingerprint density at radius 1 is 1.12 bits per heavy atom. The minimum atomic E-state index is -0.379. The van der Waals surface area contributed by atoms with E-state index in [1.54, 1.807) is 18.2 Å². The molecule has 1 heterocycles. The summed E-state index contributed by atoms with van der Waals surface area (Å²) < 4.78 is 12.7. The molecular formula is C12H7ClFNO. The van der Waals surface area contributed by atoms with Crippen LogP contribution in [0.1, 0.15) is 16.1 Å². The maximum atomic E-state index is 12.7. The molecule has 2 nitrogen and oxygen atoms in total. The molecular weight excluding hydrogens is 229 g/mol. The number of rotatable bonds is 2. The lowest BCUT2D eigenvalue weighted by atomic mass is 10.1. The highest BCUT2D eigenvalue weighted by Crippen LogP contribution is 2.11. The molecule has 0 aliphatic heterocycles. The van der Waals surface area contributed by atoms with Gasteiger partial charge in [-0.05, 0) is 36.4 Å². The molecule has 16 heavy (non-hydrogen) atoms. The van der Waals surface area contributed by atoms with Gasteiger partial charge in [-0.2, -0.15) is 0 Å². The van der Waals surface area contributed by atoms with E-state index in [2.05, 4.69) is 4.98 Å². The third kappa shape index (κ3) is 2.25. The Bertz CT molecular complexity index is 525. The predicted molar refractivity (Wildman–Crippen MR) is 59.1 cm³/mol. The van der Waals surface area contributed by atoms with Crippen LogP contribution in [0.25, 0.3) is 0 Å². The smallest absolute Gasteiger partial charge is 0.211 e. The molecule has 1 aromatic heterocycles. The van der Waals surface area contributed by atoms with Crippen molar-refractivity contribution < 1.29 is 9.18 Å². The van der Waals surface area contributed by atoms with Gasteiger partial charge in [0.15, 0.2) is 0 Å². The molecule has 0 amide bonds. The number of carbonyl (C=O) groups is 1. The standard InChI is InChI=1S/C12H7ClFNO/c13-11-3-1-2-10(15-11)12(16)8-4-6-9(14)7-5-8/h1-7H. The number of carbonyl (C=O) groups excluding carboxylic acids is 1. The number of pyridine rings is 1. The quantitative estimate of drug-likeness (QED) is 0.591. The van der Waals surface area contributed by atoms with Crippen molar-refractivity contribution in [3.8, 4) is 0 Å². The lowest BCUT2D eigenvalue weighted by Crippen LogP contribution is -2.03. The normalized spacial score (nSPS) is 10.1. The molecule has 2 rings (SSSR count). The lowest BCUT2D eigenvalue weighted by Gasteiger charge is -2.00. The van der Waals surface area contributed by atoms with Crippen molar-refractivity contribution in [3.05, 3.63) is 64.7 Å². The van der Waals surface area contributed by atoms with Crippen LogP contribution < -0.4 is 0 Å². The minimum absolute atomic E-state index is 0.249. The zero-order chi connectivity index (χ0) is 11.5. The van der Waals surface area contributed by atoms with Crippen molar-refractivity contribution in [1.29, 1.82) is 0 Å². The highest BCUT2D eigenvalue weighted by atomic mass is 35.5. The molecule has 0 spiro atoms. The SMILES string of the molecule is O=C(c1ccc(F)cc1)c1cccc(Cl)n1. The average molecular weight is 236 g/mol. The number of ketones is 1. The zero-order valence-electron chi connectivity index (χ0n) is 8.15. The van der Waals surface area contributed by atoms with Crippen LogP contribution in [0.3, 0.4) is 0 Å². The molecule has 80 valence electrons. The summed E-state index contributed by atoms with van der Waals surface area (Å²) in [5.74, 6) is -0.655. The molecule has 0 saturated carbocycles. The summed E-state index contributed by atoms with van der Waals surface area (Å²) in [6.45, 7) is 0. The van der Waals surface area contributed by atoms with Crippen molar-refractivity contribution >= 4 is 17.4 Å². The van der Waals surface area contributed by atoms with E-state index in [-0.39, 0.29) is 22.4 Å². The molecule has 4 heteroatoms. The van der Waals surface area contributed by atoms with E-state index in [1.165, 1.54) is 24.3 Å². The van der Waals surface area contributed by atoms with E-state index in [0.717, 1.165) is 0 Å². The molecule has 0 N–H and O–H groups in total. The first-order valence-electron chi connectivity index (χ1n) is 4.59. The first kappa shape index (κ1) is 10.8. The Labute approximate surface area is 96.7 Å². The second kappa shape index (κ2) is 4.41. The largest absolute Gasteiger partial charge is 0.287 e. The molecule has 0 aliphatic carbocycles. The van der Waals surface area contributed by atoms with Crippen LogP contribution in [0.5, 0.6) is 0 Å². The predicted octanol–water partition coefficient (Wildman–Crippen LogP) is 3.11. The fourth-order valence-electron chi connectivity index (χ4n) is 1.28. The van der Waals surface area contributed by atoms with E-state index >= 15 is 0 Å². The first-order valence-corrected chi connectivity index (χ1v) is 4.97. The first-order chi connectivity index (χ1) is 7.66. The summed E-state index contributed by atoms with van der Waals surface area (Å²) >= 11 is 5.68. The van der Waals surface area contributed by atoms with Gasteiger partial charge in [0.1, 0.15) is 16.7 Å². The monoisotopic (exact) mass is 235 g/mol. The molecule has 0 bridgehead atoms. The lowest BCUT2D eigenvalue weighted by molar-refractivity contribution is 0.103. The van der Waals surface area contributed by atoms with Crippen LogP contribution >= 0.6 is 11.6 Å². The Morgan fingerprint density at radius 2 is 1.81 bits per heavy atom. The molecule has 0 saturated heterocycles. The van der Waals surface area contributed by atoms with E-state index in [0.29, 0.717) is 5.56 Å². The van der Waals surface area contributed by atoms with E-state index in [9.17, 15) is 9.18 Å². The Balaban J connectivity index is 2.35. The zero-order valence-corrected chi connectivity index (χ0v) is 8.91. The van der Waals surface area contributed by atoms with Crippen LogP contribution in [-0.2, 0) is 0 Å². The maximum Gasteiger partial charge on any atom is 0.211 e. The van der Waals surface area contributed by atoms with Gasteiger partial charge in [0.2, 0.25) is 5.78 Å². The summed E-state index contributed by atoms with van der Waals surface area (Å²) in [6.07, 6.45) is 0. The highest BCUT2D eigenvalue weighted by Gasteiger charge is 2.10. The van der Waals surface area contributed by atoms with Gasteiger partial charge < -0.3 is 0 Å². The molecule has 2 aromatic rings. The topological polar surface area (TPSA) is 30.0 Å². The van der Waals surface area contributed by atoms with E-state index < -0.39 is 0 Å². The van der Waals surface area contributed by atoms with Gasteiger partial charge in [0.25, 0.3) is 0 Å². The summed E-state index contributed by atoms with van der Waals surface area (Å²) in [5.41, 5.74) is 0.635. The van der Waals surface area contributed by atoms with Crippen molar-refractivity contribution in [2.75, 3.05) is 0 Å². The molecule has 0 aliphatic rings. The number of hydrogen-bond donors (Lipinski definition) is 0. The van der Waals surface area contributed by atoms with Crippen molar-refractivity contribution in [2.24, 2.45) is 0 Å². The fraction of sp³-hybridized carbons (Fsp3) is 0. The van der Waals surface area contributed by atoms with Crippen molar-refractivity contribution in [3.63, 3.8) is 0 Å². The summed E-state index contributed by atoms with van der Waals surface area (Å²) in [5, 5.41) is 0.257. The van der Waals surface area contributed by atoms with Crippen LogP contribution in [0.4, 0.5) is 4.39 Å². The molecule has 0 fully saturated rings. The molecule has 0 unspecified atom stereocenters. The van der Waals surface area contributed by atoms with Gasteiger partial charge in [-0.3, -0.25) is 4.79 Å². The highest BCUT2D eigenvalue weighted by molar-refractivity contribution is 6.29. The molecule has 1 aromatic carbocycles. The fourth-order valence-corrected chi connectivity index (χ4v) is 1.45. The Kier molecular flexibility index (Phi) is 2.97. The minimum Gasteiger partial charge on any atom is -0.287 e. The van der Waals surface area contributed by atoms with Crippen LogP contribution in [0, 0.1) is 5.82 Å². The maximum absolute atomic E-state index is 12.7. The van der Waals surface area contributed by atoms with Gasteiger partial charge in [0, 0.05) is 5.56 Å². The summed E-state index contributed by atoms with van der Waals surface area (Å²) in [4.78, 5) is 15.8. The van der Waals surface area contributed by atoms with Crippen molar-refractivity contribution in [2.45, 2.75) is 0 Å². The number of halogens is 2. The summed E-state index contributed by atoms with van der Waals surface area (Å²) in [7, 11) is 0. The molecule has 0 atom stereocenters. The second-order valence-electron chi connectivity index (χ2n) is 3.18. The van der Waals surface area contributed by atoms with Gasteiger partial charge in [-0.1, -0.05) is 17.7 Å². The second-order valence-corrected chi connectivity index (χ2v) is 3.57. The Morgan fingerprint density at radius 3 is 2.44 bits per heavy atom. The van der Waals surface area contributed by atoms with Crippen LogP contribution in [-0.4, -0.2) is 10.8 Å². The number of aromatic nitrogens is 1. The number of benzene rings is 1. The van der Waals surface area contributed by atoms with Crippen LogP contribution in [0.15, 0.2) is 42.5 Å². The third-order valence-corrected chi connectivity index (χ3v) is 2.26. The van der Waals surface area contributed by atoms with E-state index in [4.69, 9.17) is 11.6 Å². The Hall–Kier alpha value is -1.74. The number of hydrogen-bond acceptors (Lipinski definition) is 2. The van der Waals surface area contributed by atoms with E-state index in [1.807, 2.05) is 0 Å². The van der Waals surface area contributed by atoms with Gasteiger partial charge in [0.05, 0.1) is 0 Å². The van der Waals surface area contributed by atoms with Gasteiger partial charge in [-0.25, -0.2) is 9.37 Å². The number of nitrogens with zero attached hydrogens (tertiary/aromatic N) is 1. The third-order valence-electron chi connectivity index (χ3n) is 2.05. The van der Waals surface area contributed by atoms with Crippen LogP contribution in [0.2, 0.25) is 5.15 Å². The van der Waals surface area contributed by atoms with Gasteiger partial charge >= 0.3 is 0 Å². The average Bonchev–Trinajstić information content (AvgIpc) is 2.29. The summed E-state index contributed by atoms with van der Waals surface area (Å²) in [6, 6.07) is 10.1.